The van der Waals surface area contributed by atoms with Gasteiger partial charge in [0.05, 0.1) is 5.69 Å². The molecule has 0 aliphatic rings. The summed E-state index contributed by atoms with van der Waals surface area (Å²) in [5.41, 5.74) is 4.52. The van der Waals surface area contributed by atoms with Crippen LogP contribution in [0.3, 0.4) is 0 Å². The predicted octanol–water partition coefficient (Wildman–Crippen LogP) is 3.70. The number of nitrogens with one attached hydrogen (secondary N) is 1. The zero-order valence-corrected chi connectivity index (χ0v) is 11.5. The summed E-state index contributed by atoms with van der Waals surface area (Å²) in [4.78, 5) is 11.8. The van der Waals surface area contributed by atoms with Crippen LogP contribution in [0, 0.1) is 17.5 Å². The highest BCUT2D eigenvalue weighted by atomic mass is 79.9. The normalized spacial score (nSPS) is 10.4. The zero-order chi connectivity index (χ0) is 14.9. The van der Waals surface area contributed by atoms with Gasteiger partial charge in [-0.1, -0.05) is 15.9 Å². The van der Waals surface area contributed by atoms with Crippen LogP contribution >= 0.6 is 15.9 Å². The van der Waals surface area contributed by atoms with Crippen molar-refractivity contribution in [2.75, 3.05) is 11.1 Å². The van der Waals surface area contributed by atoms with Crippen LogP contribution in [0.15, 0.2) is 34.8 Å². The number of carbonyl (C=O) groups is 1. The van der Waals surface area contributed by atoms with E-state index in [0.717, 1.165) is 18.2 Å². The monoisotopic (exact) mass is 344 g/mol. The summed E-state index contributed by atoms with van der Waals surface area (Å²) in [5, 5.41) is 2.09. The van der Waals surface area contributed by atoms with Crippen LogP contribution in [-0.2, 0) is 0 Å². The minimum absolute atomic E-state index is 0.155. The average molecular weight is 345 g/mol. The number of hydrogen-bond donors (Lipinski definition) is 2. The van der Waals surface area contributed by atoms with Crippen LogP contribution in [0.5, 0.6) is 0 Å². The molecule has 104 valence electrons. The molecule has 0 unspecified atom stereocenters. The summed E-state index contributed by atoms with van der Waals surface area (Å²) >= 11 is 2.90. The molecule has 0 aromatic heterocycles. The third-order valence-corrected chi connectivity index (χ3v) is 2.93. The van der Waals surface area contributed by atoms with Gasteiger partial charge >= 0.3 is 0 Å². The molecule has 0 fully saturated rings. The Balaban J connectivity index is 2.33. The Morgan fingerprint density at radius 1 is 1.05 bits per heavy atom. The Bertz CT molecular complexity index is 668. The van der Waals surface area contributed by atoms with Gasteiger partial charge in [0.15, 0.2) is 0 Å². The fourth-order valence-electron chi connectivity index (χ4n) is 1.58. The number of benzene rings is 2. The van der Waals surface area contributed by atoms with E-state index in [9.17, 15) is 18.0 Å². The molecule has 0 bridgehead atoms. The third-order valence-electron chi connectivity index (χ3n) is 2.48. The molecular formula is C13H8BrF3N2O. The fraction of sp³-hybridized carbons (Fsp3) is 0. The highest BCUT2D eigenvalue weighted by Crippen LogP contribution is 2.22. The third kappa shape index (κ3) is 2.93. The quantitative estimate of drug-likeness (QED) is 0.816. The molecule has 0 radical (unpaired) electrons. The van der Waals surface area contributed by atoms with E-state index in [1.54, 1.807) is 0 Å². The number of rotatable bonds is 2. The number of amides is 1. The summed E-state index contributed by atoms with van der Waals surface area (Å²) in [6.07, 6.45) is 0. The van der Waals surface area contributed by atoms with Crippen molar-refractivity contribution in [2.45, 2.75) is 0 Å². The molecule has 2 aromatic rings. The second-order valence-electron chi connectivity index (χ2n) is 3.94. The van der Waals surface area contributed by atoms with Crippen molar-refractivity contribution in [3.63, 3.8) is 0 Å². The standard InChI is InChI=1S/C13H8BrF3N2O/c14-6-3-9(16)12(10(17)4-6)13(20)19-11-2-1-7(18)5-8(11)15/h1-5H,18H2,(H,19,20). The maximum atomic E-state index is 13.6. The molecule has 0 saturated heterocycles. The zero-order valence-electron chi connectivity index (χ0n) is 9.88. The maximum absolute atomic E-state index is 13.6. The van der Waals surface area contributed by atoms with E-state index in [2.05, 4.69) is 21.2 Å². The van der Waals surface area contributed by atoms with Crippen molar-refractivity contribution in [3.8, 4) is 0 Å². The topological polar surface area (TPSA) is 55.1 Å². The Morgan fingerprint density at radius 3 is 2.20 bits per heavy atom. The smallest absolute Gasteiger partial charge is 0.261 e. The highest BCUT2D eigenvalue weighted by molar-refractivity contribution is 9.10. The molecule has 1 amide bonds. The van der Waals surface area contributed by atoms with Crippen molar-refractivity contribution in [3.05, 3.63) is 57.8 Å². The van der Waals surface area contributed by atoms with Gasteiger partial charge in [-0.15, -0.1) is 0 Å². The predicted molar refractivity (Wildman–Crippen MR) is 72.8 cm³/mol. The molecule has 0 saturated carbocycles. The van der Waals surface area contributed by atoms with Gasteiger partial charge in [-0.2, -0.15) is 0 Å². The lowest BCUT2D eigenvalue weighted by Gasteiger charge is -2.09. The summed E-state index contributed by atoms with van der Waals surface area (Å²) in [6.45, 7) is 0. The summed E-state index contributed by atoms with van der Waals surface area (Å²) in [7, 11) is 0. The van der Waals surface area contributed by atoms with E-state index < -0.39 is 28.9 Å². The van der Waals surface area contributed by atoms with Gasteiger partial charge in [0, 0.05) is 10.2 Å². The van der Waals surface area contributed by atoms with E-state index in [-0.39, 0.29) is 15.8 Å². The first-order valence-electron chi connectivity index (χ1n) is 5.39. The molecule has 0 aliphatic heterocycles. The van der Waals surface area contributed by atoms with Crippen LogP contribution < -0.4 is 11.1 Å². The molecule has 20 heavy (non-hydrogen) atoms. The Morgan fingerprint density at radius 2 is 1.65 bits per heavy atom. The first-order valence-corrected chi connectivity index (χ1v) is 6.18. The van der Waals surface area contributed by atoms with E-state index in [0.29, 0.717) is 0 Å². The molecule has 0 heterocycles. The van der Waals surface area contributed by atoms with Crippen molar-refractivity contribution in [2.24, 2.45) is 0 Å². The number of nitrogen functional groups attached to an aromatic ring is 1. The van der Waals surface area contributed by atoms with Crippen molar-refractivity contribution in [1.29, 1.82) is 0 Å². The van der Waals surface area contributed by atoms with Crippen molar-refractivity contribution >= 4 is 33.2 Å². The SMILES string of the molecule is Nc1ccc(NC(=O)c2c(F)cc(Br)cc2F)c(F)c1. The molecule has 7 heteroatoms. The van der Waals surface area contributed by atoms with Crippen LogP contribution in [0.2, 0.25) is 0 Å². The Hall–Kier alpha value is -2.02. The largest absolute Gasteiger partial charge is 0.399 e. The number of carbonyl (C=O) groups excluding carboxylic acids is 1. The minimum atomic E-state index is -1.09. The van der Waals surface area contributed by atoms with Gasteiger partial charge in [-0.3, -0.25) is 4.79 Å². The van der Waals surface area contributed by atoms with Gasteiger partial charge in [0.25, 0.3) is 5.91 Å². The van der Waals surface area contributed by atoms with Gasteiger partial charge in [0.2, 0.25) is 0 Å². The molecule has 2 aromatic carbocycles. The molecule has 3 nitrogen and oxygen atoms in total. The van der Waals surface area contributed by atoms with Gasteiger partial charge in [0.1, 0.15) is 23.0 Å². The minimum Gasteiger partial charge on any atom is -0.399 e. The fourth-order valence-corrected chi connectivity index (χ4v) is 1.98. The molecule has 3 N–H and O–H groups in total. The average Bonchev–Trinajstić information content (AvgIpc) is 2.31. The van der Waals surface area contributed by atoms with Crippen LogP contribution in [0.1, 0.15) is 10.4 Å². The summed E-state index contributed by atoms with van der Waals surface area (Å²) in [5.74, 6) is -3.98. The first-order chi connectivity index (χ1) is 9.38. The molecule has 0 atom stereocenters. The second kappa shape index (κ2) is 5.54. The number of anilines is 2. The Kier molecular flexibility index (Phi) is 3.99. The van der Waals surface area contributed by atoms with Gasteiger partial charge < -0.3 is 11.1 Å². The lowest BCUT2D eigenvalue weighted by molar-refractivity contribution is 0.101. The van der Waals surface area contributed by atoms with Gasteiger partial charge in [-0.05, 0) is 30.3 Å². The lowest BCUT2D eigenvalue weighted by atomic mass is 10.1. The summed E-state index contributed by atoms with van der Waals surface area (Å²) in [6, 6.07) is 5.43. The van der Waals surface area contributed by atoms with E-state index in [1.165, 1.54) is 12.1 Å². The number of nitrogens with two attached hydrogens (primary N) is 1. The van der Waals surface area contributed by atoms with Gasteiger partial charge in [-0.25, -0.2) is 13.2 Å². The Labute approximate surface area is 120 Å². The second-order valence-corrected chi connectivity index (χ2v) is 4.85. The highest BCUT2D eigenvalue weighted by Gasteiger charge is 2.19. The van der Waals surface area contributed by atoms with Crippen LogP contribution in [0.25, 0.3) is 0 Å². The first kappa shape index (κ1) is 14.4. The van der Waals surface area contributed by atoms with E-state index >= 15 is 0 Å². The summed E-state index contributed by atoms with van der Waals surface area (Å²) < 4.78 is 40.8. The van der Waals surface area contributed by atoms with Crippen molar-refractivity contribution in [1.82, 2.24) is 0 Å². The molecular weight excluding hydrogens is 337 g/mol. The molecule has 0 spiro atoms. The molecule has 2 rings (SSSR count). The van der Waals surface area contributed by atoms with Crippen LogP contribution in [0.4, 0.5) is 24.5 Å². The van der Waals surface area contributed by atoms with Crippen molar-refractivity contribution < 1.29 is 18.0 Å². The number of halogens is 4. The lowest BCUT2D eigenvalue weighted by Crippen LogP contribution is -2.16. The van der Waals surface area contributed by atoms with E-state index in [1.807, 2.05) is 0 Å². The van der Waals surface area contributed by atoms with E-state index in [4.69, 9.17) is 5.73 Å². The number of hydrogen-bond acceptors (Lipinski definition) is 2. The molecule has 0 aliphatic carbocycles. The maximum Gasteiger partial charge on any atom is 0.261 e. The van der Waals surface area contributed by atoms with Crippen LogP contribution in [-0.4, -0.2) is 5.91 Å².